The molecule has 140 valence electrons. The third-order valence-electron chi connectivity index (χ3n) is 4.46. The highest BCUT2D eigenvalue weighted by atomic mass is 35.5. The molecule has 25 heavy (non-hydrogen) atoms. The lowest BCUT2D eigenvalue weighted by atomic mass is 9.79. The second-order valence-electron chi connectivity index (χ2n) is 6.05. The van der Waals surface area contributed by atoms with E-state index in [-0.39, 0.29) is 24.3 Å². The van der Waals surface area contributed by atoms with Gasteiger partial charge in [-0.05, 0) is 43.9 Å². The summed E-state index contributed by atoms with van der Waals surface area (Å²) in [5.41, 5.74) is 7.07. The summed E-state index contributed by atoms with van der Waals surface area (Å²) in [5, 5.41) is 2.95. The SMILES string of the molecule is CCOC(=O)CCc1ccc(NC(=O)C2(CN)CCOCC2)cc1.Cl. The molecule has 0 aliphatic carbocycles. The molecule has 6 nitrogen and oxygen atoms in total. The largest absolute Gasteiger partial charge is 0.466 e. The summed E-state index contributed by atoms with van der Waals surface area (Å²) >= 11 is 0. The molecule has 0 bridgehead atoms. The summed E-state index contributed by atoms with van der Waals surface area (Å²) in [5.74, 6) is -0.244. The standard InChI is InChI=1S/C18H26N2O4.ClH/c1-2-24-16(21)8-5-14-3-6-15(7-4-14)20-17(22)18(13-19)9-11-23-12-10-18;/h3-4,6-7H,2,5,8-13,19H2,1H3,(H,20,22);1H. The molecule has 7 heteroatoms. The van der Waals surface area contributed by atoms with Crippen LogP contribution in [0.4, 0.5) is 5.69 Å². The Bertz CT molecular complexity index is 557. The average molecular weight is 371 g/mol. The van der Waals surface area contributed by atoms with Crippen molar-refractivity contribution in [3.8, 4) is 0 Å². The molecule has 1 aromatic carbocycles. The van der Waals surface area contributed by atoms with Crippen molar-refractivity contribution < 1.29 is 19.1 Å². The molecule has 1 aliphatic rings. The van der Waals surface area contributed by atoms with Gasteiger partial charge >= 0.3 is 5.97 Å². The van der Waals surface area contributed by atoms with Crippen molar-refractivity contribution in [2.45, 2.75) is 32.6 Å². The maximum atomic E-state index is 12.6. The Balaban J connectivity index is 0.00000312. The molecule has 0 aromatic heterocycles. The van der Waals surface area contributed by atoms with Gasteiger partial charge in [0.15, 0.2) is 0 Å². The molecule has 0 unspecified atom stereocenters. The lowest BCUT2D eigenvalue weighted by molar-refractivity contribution is -0.143. The minimum Gasteiger partial charge on any atom is -0.466 e. The molecule has 0 radical (unpaired) electrons. The van der Waals surface area contributed by atoms with Crippen LogP contribution < -0.4 is 11.1 Å². The number of amides is 1. The minimum absolute atomic E-state index is 0. The number of ether oxygens (including phenoxy) is 2. The monoisotopic (exact) mass is 370 g/mol. The lowest BCUT2D eigenvalue weighted by Gasteiger charge is -2.34. The van der Waals surface area contributed by atoms with E-state index in [1.807, 2.05) is 24.3 Å². The Kier molecular flexibility index (Phi) is 8.89. The predicted molar refractivity (Wildman–Crippen MR) is 98.8 cm³/mol. The first-order chi connectivity index (χ1) is 11.6. The average Bonchev–Trinajstić information content (AvgIpc) is 2.62. The van der Waals surface area contributed by atoms with Crippen molar-refractivity contribution in [2.75, 3.05) is 31.7 Å². The van der Waals surface area contributed by atoms with Gasteiger partial charge in [-0.1, -0.05) is 12.1 Å². The Morgan fingerprint density at radius 2 is 1.88 bits per heavy atom. The highest BCUT2D eigenvalue weighted by Gasteiger charge is 2.38. The Labute approximate surface area is 154 Å². The van der Waals surface area contributed by atoms with Gasteiger partial charge in [-0.3, -0.25) is 9.59 Å². The predicted octanol–water partition coefficient (Wildman–Crippen LogP) is 2.30. The smallest absolute Gasteiger partial charge is 0.306 e. The van der Waals surface area contributed by atoms with Crippen LogP contribution >= 0.6 is 12.4 Å². The van der Waals surface area contributed by atoms with Crippen LogP contribution in [-0.4, -0.2) is 38.2 Å². The zero-order valence-electron chi connectivity index (χ0n) is 14.6. The number of esters is 1. The minimum atomic E-state index is -0.541. The number of hydrogen-bond donors (Lipinski definition) is 2. The maximum Gasteiger partial charge on any atom is 0.306 e. The number of anilines is 1. The summed E-state index contributed by atoms with van der Waals surface area (Å²) in [6.07, 6.45) is 2.27. The number of benzene rings is 1. The molecule has 1 saturated heterocycles. The Hall–Kier alpha value is -1.63. The summed E-state index contributed by atoms with van der Waals surface area (Å²) in [6, 6.07) is 7.52. The van der Waals surface area contributed by atoms with Crippen LogP contribution in [-0.2, 0) is 25.5 Å². The lowest BCUT2D eigenvalue weighted by Crippen LogP contribution is -2.46. The summed E-state index contributed by atoms with van der Waals surface area (Å²) < 4.78 is 10.2. The number of carbonyl (C=O) groups is 2. The highest BCUT2D eigenvalue weighted by molar-refractivity contribution is 5.95. The molecule has 0 atom stereocenters. The fourth-order valence-electron chi connectivity index (χ4n) is 2.78. The van der Waals surface area contributed by atoms with E-state index >= 15 is 0 Å². The van der Waals surface area contributed by atoms with E-state index in [2.05, 4.69) is 5.32 Å². The van der Waals surface area contributed by atoms with Gasteiger partial charge in [-0.25, -0.2) is 0 Å². The first-order valence-corrected chi connectivity index (χ1v) is 8.43. The van der Waals surface area contributed by atoms with Gasteiger partial charge in [0.05, 0.1) is 12.0 Å². The van der Waals surface area contributed by atoms with Gasteiger partial charge in [0.25, 0.3) is 0 Å². The molecule has 3 N–H and O–H groups in total. The third-order valence-corrected chi connectivity index (χ3v) is 4.46. The number of nitrogens with one attached hydrogen (secondary N) is 1. The first-order valence-electron chi connectivity index (χ1n) is 8.43. The molecule has 1 aromatic rings. The van der Waals surface area contributed by atoms with E-state index in [1.54, 1.807) is 6.92 Å². The fourth-order valence-corrected chi connectivity index (χ4v) is 2.78. The van der Waals surface area contributed by atoms with E-state index in [4.69, 9.17) is 15.2 Å². The molecular formula is C18H27ClN2O4. The van der Waals surface area contributed by atoms with Crippen molar-refractivity contribution in [2.24, 2.45) is 11.1 Å². The normalized spacial score (nSPS) is 15.8. The van der Waals surface area contributed by atoms with E-state index in [1.165, 1.54) is 0 Å². The number of halogens is 1. The molecule has 1 fully saturated rings. The van der Waals surface area contributed by atoms with E-state index in [0.717, 1.165) is 11.3 Å². The molecule has 0 spiro atoms. The van der Waals surface area contributed by atoms with Crippen molar-refractivity contribution in [3.05, 3.63) is 29.8 Å². The quantitative estimate of drug-likeness (QED) is 0.718. The first kappa shape index (κ1) is 21.4. The van der Waals surface area contributed by atoms with Crippen LogP contribution in [0, 0.1) is 5.41 Å². The van der Waals surface area contributed by atoms with Gasteiger partial charge in [0.2, 0.25) is 5.91 Å². The highest BCUT2D eigenvalue weighted by Crippen LogP contribution is 2.31. The Morgan fingerprint density at radius 1 is 1.24 bits per heavy atom. The second-order valence-corrected chi connectivity index (χ2v) is 6.05. The van der Waals surface area contributed by atoms with Crippen LogP contribution in [0.15, 0.2) is 24.3 Å². The molecular weight excluding hydrogens is 344 g/mol. The van der Waals surface area contributed by atoms with Crippen LogP contribution in [0.3, 0.4) is 0 Å². The van der Waals surface area contributed by atoms with Gasteiger partial charge in [0.1, 0.15) is 0 Å². The van der Waals surface area contributed by atoms with Crippen LogP contribution in [0.5, 0.6) is 0 Å². The molecule has 1 aliphatic heterocycles. The van der Waals surface area contributed by atoms with Crippen LogP contribution in [0.2, 0.25) is 0 Å². The number of rotatable bonds is 7. The van der Waals surface area contributed by atoms with E-state index < -0.39 is 5.41 Å². The second kappa shape index (κ2) is 10.4. The maximum absolute atomic E-state index is 12.6. The van der Waals surface area contributed by atoms with Gasteiger partial charge in [0, 0.05) is 31.9 Å². The molecule has 1 heterocycles. The number of nitrogens with two attached hydrogens (primary N) is 1. The van der Waals surface area contributed by atoms with Crippen molar-refractivity contribution in [3.63, 3.8) is 0 Å². The number of carbonyl (C=O) groups excluding carboxylic acids is 2. The molecule has 2 rings (SSSR count). The number of aryl methyl sites for hydroxylation is 1. The van der Waals surface area contributed by atoms with E-state index in [0.29, 0.717) is 52.0 Å². The van der Waals surface area contributed by atoms with Crippen molar-refractivity contribution in [1.29, 1.82) is 0 Å². The summed E-state index contributed by atoms with van der Waals surface area (Å²) in [4.78, 5) is 24.0. The van der Waals surface area contributed by atoms with E-state index in [9.17, 15) is 9.59 Å². The van der Waals surface area contributed by atoms with Gasteiger partial charge in [-0.15, -0.1) is 12.4 Å². The molecule has 0 saturated carbocycles. The van der Waals surface area contributed by atoms with Crippen LogP contribution in [0.25, 0.3) is 0 Å². The Morgan fingerprint density at radius 3 is 2.44 bits per heavy atom. The zero-order valence-corrected chi connectivity index (χ0v) is 15.4. The topological polar surface area (TPSA) is 90.7 Å². The number of hydrogen-bond acceptors (Lipinski definition) is 5. The van der Waals surface area contributed by atoms with Gasteiger partial charge in [-0.2, -0.15) is 0 Å². The van der Waals surface area contributed by atoms with Crippen molar-refractivity contribution in [1.82, 2.24) is 0 Å². The van der Waals surface area contributed by atoms with Crippen LogP contribution in [0.1, 0.15) is 31.7 Å². The third kappa shape index (κ3) is 5.99. The molecule has 1 amide bonds. The summed E-state index contributed by atoms with van der Waals surface area (Å²) in [6.45, 7) is 3.65. The zero-order chi connectivity index (χ0) is 17.4. The van der Waals surface area contributed by atoms with Crippen molar-refractivity contribution >= 4 is 30.0 Å². The van der Waals surface area contributed by atoms with Gasteiger partial charge < -0.3 is 20.5 Å². The fraction of sp³-hybridized carbons (Fsp3) is 0.556. The summed E-state index contributed by atoms with van der Waals surface area (Å²) in [7, 11) is 0.